The molecular weight excluding hydrogens is 250 g/mol. The number of hydrogen-bond acceptors (Lipinski definition) is 2. The lowest BCUT2D eigenvalue weighted by Crippen LogP contribution is -2.86. The normalized spacial score (nSPS) is 13.2. The van der Waals surface area contributed by atoms with E-state index in [9.17, 15) is 0 Å². The van der Waals surface area contributed by atoms with Crippen LogP contribution in [-0.4, -0.2) is 19.6 Å². The Kier molecular flexibility index (Phi) is 20.0. The Balaban J connectivity index is 0. The second-order valence-corrected chi connectivity index (χ2v) is 5.69. The minimum Gasteiger partial charge on any atom is -0.554 e. The highest BCUT2D eigenvalue weighted by Crippen LogP contribution is 2.11. The highest BCUT2D eigenvalue weighted by molar-refractivity contribution is 5.29. The number of carboxylic acid groups (broad SMARTS) is 1. The van der Waals surface area contributed by atoms with Crippen molar-refractivity contribution in [1.29, 1.82) is 0 Å². The standard InChI is InChI=1S/C16H35N.CH2O2/c1-5-9-11-15(7-3)13-17-14-16(8-4)12-10-6-2;2-1-3/h15-17H,5-14H2,1-4H3;1H,(H,2,3). The van der Waals surface area contributed by atoms with Crippen LogP contribution in [0.25, 0.3) is 0 Å². The first kappa shape index (κ1) is 21.7. The van der Waals surface area contributed by atoms with Gasteiger partial charge < -0.3 is 15.2 Å². The molecule has 0 aromatic rings. The molecule has 0 aliphatic heterocycles. The van der Waals surface area contributed by atoms with Crippen molar-refractivity contribution in [3.05, 3.63) is 0 Å². The van der Waals surface area contributed by atoms with Gasteiger partial charge in [0, 0.05) is 18.3 Å². The lowest BCUT2D eigenvalue weighted by molar-refractivity contribution is -0.666. The summed E-state index contributed by atoms with van der Waals surface area (Å²) in [5.41, 5.74) is 0. The van der Waals surface area contributed by atoms with Crippen LogP contribution in [0.15, 0.2) is 0 Å². The van der Waals surface area contributed by atoms with E-state index in [1.165, 1.54) is 64.5 Å². The summed E-state index contributed by atoms with van der Waals surface area (Å²) in [7, 11) is 0. The summed E-state index contributed by atoms with van der Waals surface area (Å²) < 4.78 is 0. The maximum Gasteiger partial charge on any atom is 0.0783 e. The van der Waals surface area contributed by atoms with E-state index < -0.39 is 6.47 Å². The van der Waals surface area contributed by atoms with Gasteiger partial charge in [0.25, 0.3) is 0 Å². The van der Waals surface area contributed by atoms with E-state index >= 15 is 0 Å². The predicted molar refractivity (Wildman–Crippen MR) is 84.3 cm³/mol. The van der Waals surface area contributed by atoms with Crippen molar-refractivity contribution in [2.45, 2.75) is 79.1 Å². The molecule has 0 amide bonds. The molecule has 0 saturated heterocycles. The van der Waals surface area contributed by atoms with Crippen molar-refractivity contribution < 1.29 is 15.2 Å². The Labute approximate surface area is 126 Å². The zero-order valence-electron chi connectivity index (χ0n) is 14.2. The predicted octanol–water partition coefficient (Wildman–Crippen LogP) is 2.35. The minimum atomic E-state index is -0.500. The first-order valence-corrected chi connectivity index (χ1v) is 8.57. The lowest BCUT2D eigenvalue weighted by Gasteiger charge is -2.16. The van der Waals surface area contributed by atoms with Gasteiger partial charge in [0.05, 0.1) is 13.1 Å². The van der Waals surface area contributed by atoms with Crippen LogP contribution in [0.2, 0.25) is 0 Å². The molecule has 0 aromatic carbocycles. The molecule has 3 heteroatoms. The summed E-state index contributed by atoms with van der Waals surface area (Å²) in [6, 6.07) is 0. The minimum absolute atomic E-state index is 0.500. The van der Waals surface area contributed by atoms with E-state index in [0.717, 1.165) is 11.8 Å². The molecule has 0 aromatic heterocycles. The van der Waals surface area contributed by atoms with Crippen LogP contribution in [-0.2, 0) is 4.79 Å². The van der Waals surface area contributed by atoms with Gasteiger partial charge in [-0.05, 0) is 25.7 Å². The van der Waals surface area contributed by atoms with Gasteiger partial charge in [-0.25, -0.2) is 0 Å². The van der Waals surface area contributed by atoms with Crippen LogP contribution in [0.5, 0.6) is 0 Å². The van der Waals surface area contributed by atoms with E-state index in [1.807, 2.05) is 0 Å². The number of carbonyl (C=O) groups excluding carboxylic acids is 1. The zero-order chi connectivity index (χ0) is 15.6. The van der Waals surface area contributed by atoms with E-state index in [-0.39, 0.29) is 0 Å². The van der Waals surface area contributed by atoms with Gasteiger partial charge in [-0.3, -0.25) is 0 Å². The summed E-state index contributed by atoms with van der Waals surface area (Å²) in [6.07, 6.45) is 11.1. The zero-order valence-corrected chi connectivity index (χ0v) is 14.2. The molecular formula is C17H37NO2. The smallest absolute Gasteiger partial charge is 0.0783 e. The van der Waals surface area contributed by atoms with E-state index in [1.54, 1.807) is 0 Å². The monoisotopic (exact) mass is 287 g/mol. The Hall–Kier alpha value is -0.570. The van der Waals surface area contributed by atoms with Crippen molar-refractivity contribution >= 4 is 6.47 Å². The molecule has 3 nitrogen and oxygen atoms in total. The summed E-state index contributed by atoms with van der Waals surface area (Å²) in [5, 5.41) is 10.8. The Bertz CT molecular complexity index is 170. The number of carbonyl (C=O) groups is 1. The molecule has 0 fully saturated rings. The highest BCUT2D eigenvalue weighted by Gasteiger charge is 2.11. The third kappa shape index (κ3) is 15.5. The molecule has 2 N–H and O–H groups in total. The molecule has 2 atom stereocenters. The summed E-state index contributed by atoms with van der Waals surface area (Å²) >= 11 is 0. The fourth-order valence-corrected chi connectivity index (χ4v) is 2.53. The number of rotatable bonds is 12. The van der Waals surface area contributed by atoms with Gasteiger partial charge in [0.2, 0.25) is 0 Å². The van der Waals surface area contributed by atoms with Gasteiger partial charge in [-0.2, -0.15) is 0 Å². The Morgan fingerprint density at radius 1 is 0.900 bits per heavy atom. The van der Waals surface area contributed by atoms with Crippen LogP contribution in [0.4, 0.5) is 0 Å². The van der Waals surface area contributed by atoms with Crippen LogP contribution in [0.3, 0.4) is 0 Å². The number of unbranched alkanes of at least 4 members (excludes halogenated alkanes) is 2. The molecule has 0 rings (SSSR count). The number of hydrogen-bond donors (Lipinski definition) is 1. The molecule has 2 unspecified atom stereocenters. The van der Waals surface area contributed by atoms with Gasteiger partial charge >= 0.3 is 0 Å². The van der Waals surface area contributed by atoms with E-state index in [2.05, 4.69) is 33.0 Å². The first-order chi connectivity index (χ1) is 9.69. The molecule has 0 heterocycles. The molecule has 20 heavy (non-hydrogen) atoms. The van der Waals surface area contributed by atoms with Crippen LogP contribution in [0.1, 0.15) is 79.1 Å². The fourth-order valence-electron chi connectivity index (χ4n) is 2.53. The quantitative estimate of drug-likeness (QED) is 0.560. The van der Waals surface area contributed by atoms with Gasteiger partial charge in [-0.1, -0.05) is 53.4 Å². The van der Waals surface area contributed by atoms with Crippen molar-refractivity contribution in [2.75, 3.05) is 13.1 Å². The van der Waals surface area contributed by atoms with E-state index in [0.29, 0.717) is 0 Å². The fraction of sp³-hybridized carbons (Fsp3) is 0.941. The van der Waals surface area contributed by atoms with Crippen LogP contribution >= 0.6 is 0 Å². The van der Waals surface area contributed by atoms with Crippen molar-refractivity contribution in [1.82, 2.24) is 0 Å². The second-order valence-electron chi connectivity index (χ2n) is 5.69. The van der Waals surface area contributed by atoms with Gasteiger partial charge in [0.15, 0.2) is 0 Å². The van der Waals surface area contributed by atoms with Crippen LogP contribution in [0, 0.1) is 11.8 Å². The Morgan fingerprint density at radius 2 is 1.25 bits per heavy atom. The van der Waals surface area contributed by atoms with Gasteiger partial charge in [0.1, 0.15) is 0 Å². The van der Waals surface area contributed by atoms with Crippen LogP contribution < -0.4 is 10.4 Å². The molecule has 0 aliphatic carbocycles. The van der Waals surface area contributed by atoms with E-state index in [4.69, 9.17) is 9.90 Å². The summed E-state index contributed by atoms with van der Waals surface area (Å²) in [6.45, 7) is 11.5. The molecule has 0 saturated carbocycles. The third-order valence-corrected chi connectivity index (χ3v) is 4.09. The second kappa shape index (κ2) is 18.4. The lowest BCUT2D eigenvalue weighted by atomic mass is 9.97. The third-order valence-electron chi connectivity index (χ3n) is 4.09. The maximum atomic E-state index is 8.25. The van der Waals surface area contributed by atoms with Crippen molar-refractivity contribution in [2.24, 2.45) is 11.8 Å². The van der Waals surface area contributed by atoms with Gasteiger partial charge in [-0.15, -0.1) is 0 Å². The average molecular weight is 287 g/mol. The van der Waals surface area contributed by atoms with Crippen molar-refractivity contribution in [3.8, 4) is 0 Å². The molecule has 0 bridgehead atoms. The summed E-state index contributed by atoms with van der Waals surface area (Å²) in [5.74, 6) is 1.91. The maximum absolute atomic E-state index is 8.25. The SMILES string of the molecule is CCCCC(CC)C[NH2+]CC(CC)CCCC.O=C[O-]. The molecule has 0 spiro atoms. The summed E-state index contributed by atoms with van der Waals surface area (Å²) in [4.78, 5) is 8.25. The molecule has 0 radical (unpaired) electrons. The van der Waals surface area contributed by atoms with Crippen molar-refractivity contribution in [3.63, 3.8) is 0 Å². The highest BCUT2D eigenvalue weighted by atomic mass is 16.3. The topological polar surface area (TPSA) is 56.7 Å². The average Bonchev–Trinajstić information content (AvgIpc) is 2.46. The Morgan fingerprint density at radius 3 is 1.50 bits per heavy atom. The number of nitrogens with two attached hydrogens (primary N) is 1. The molecule has 122 valence electrons. The number of quaternary nitrogens is 1. The largest absolute Gasteiger partial charge is 0.554 e. The first-order valence-electron chi connectivity index (χ1n) is 8.57. The molecule has 0 aliphatic rings.